The zero-order valence-corrected chi connectivity index (χ0v) is 9.95. The number of amides is 2. The molecule has 16 heavy (non-hydrogen) atoms. The van der Waals surface area contributed by atoms with Gasteiger partial charge in [-0.05, 0) is 27.2 Å². The van der Waals surface area contributed by atoms with E-state index in [-0.39, 0.29) is 24.1 Å². The number of hydrogen-bond donors (Lipinski definition) is 1. The lowest BCUT2D eigenvalue weighted by atomic mass is 10.0. The smallest absolute Gasteiger partial charge is 0.410 e. The van der Waals surface area contributed by atoms with E-state index in [1.807, 2.05) is 20.8 Å². The maximum Gasteiger partial charge on any atom is 0.410 e. The average Bonchev–Trinajstić information content (AvgIpc) is 2.38. The number of carbonyl (C=O) groups is 2. The Bertz CT molecular complexity index is 322. The van der Waals surface area contributed by atoms with Crippen molar-refractivity contribution in [2.75, 3.05) is 6.54 Å². The minimum atomic E-state index is -0.481. The Kier molecular flexibility index (Phi) is 2.56. The summed E-state index contributed by atoms with van der Waals surface area (Å²) >= 11 is 0. The minimum absolute atomic E-state index is 0.0219. The molecule has 2 bridgehead atoms. The van der Waals surface area contributed by atoms with Gasteiger partial charge in [0, 0.05) is 25.0 Å². The SMILES string of the molecule is CC(C)(C)OC(=O)N1C[C@@H]2C[C@H]1CC(=O)N2. The number of carbonyl (C=O) groups excluding carboxylic acids is 2. The fraction of sp³-hybridized carbons (Fsp3) is 0.818. The lowest BCUT2D eigenvalue weighted by Gasteiger charge is -2.27. The first-order valence-corrected chi connectivity index (χ1v) is 5.64. The number of piperidine rings is 1. The first-order valence-electron chi connectivity index (χ1n) is 5.64. The molecular weight excluding hydrogens is 208 g/mol. The molecule has 2 atom stereocenters. The highest BCUT2D eigenvalue weighted by Gasteiger charge is 2.42. The van der Waals surface area contributed by atoms with Crippen molar-refractivity contribution in [2.24, 2.45) is 0 Å². The summed E-state index contributed by atoms with van der Waals surface area (Å²) in [6, 6.07) is 0.132. The summed E-state index contributed by atoms with van der Waals surface area (Å²) in [4.78, 5) is 24.8. The van der Waals surface area contributed by atoms with E-state index in [0.717, 1.165) is 6.42 Å². The van der Waals surface area contributed by atoms with Gasteiger partial charge in [0.2, 0.25) is 5.91 Å². The Balaban J connectivity index is 2.01. The molecule has 0 aromatic heterocycles. The second kappa shape index (κ2) is 3.64. The van der Waals surface area contributed by atoms with Crippen LogP contribution >= 0.6 is 0 Å². The summed E-state index contributed by atoms with van der Waals surface area (Å²) < 4.78 is 5.31. The van der Waals surface area contributed by atoms with Crippen LogP contribution in [0.5, 0.6) is 0 Å². The molecule has 0 radical (unpaired) electrons. The number of hydrogen-bond acceptors (Lipinski definition) is 3. The van der Waals surface area contributed by atoms with Gasteiger partial charge in [0.1, 0.15) is 5.60 Å². The molecule has 2 fully saturated rings. The Morgan fingerprint density at radius 3 is 2.81 bits per heavy atom. The molecule has 2 rings (SSSR count). The van der Waals surface area contributed by atoms with Crippen LogP contribution < -0.4 is 5.32 Å². The second-order valence-corrected chi connectivity index (χ2v) is 5.49. The fourth-order valence-corrected chi connectivity index (χ4v) is 2.26. The van der Waals surface area contributed by atoms with Crippen molar-refractivity contribution in [1.29, 1.82) is 0 Å². The van der Waals surface area contributed by atoms with Crippen molar-refractivity contribution in [1.82, 2.24) is 10.2 Å². The highest BCUT2D eigenvalue weighted by atomic mass is 16.6. The zero-order valence-electron chi connectivity index (χ0n) is 9.95. The number of nitrogens with one attached hydrogen (secondary N) is 1. The Morgan fingerprint density at radius 2 is 2.19 bits per heavy atom. The molecule has 0 saturated carbocycles. The third-order valence-corrected chi connectivity index (χ3v) is 2.83. The largest absolute Gasteiger partial charge is 0.444 e. The topological polar surface area (TPSA) is 58.6 Å². The van der Waals surface area contributed by atoms with Gasteiger partial charge in [-0.2, -0.15) is 0 Å². The third kappa shape index (κ3) is 2.28. The van der Waals surface area contributed by atoms with Crippen molar-refractivity contribution in [3.8, 4) is 0 Å². The van der Waals surface area contributed by atoms with Gasteiger partial charge < -0.3 is 15.0 Å². The van der Waals surface area contributed by atoms with E-state index in [9.17, 15) is 9.59 Å². The van der Waals surface area contributed by atoms with Crippen LogP contribution in [0.1, 0.15) is 33.6 Å². The Hall–Kier alpha value is -1.26. The molecular formula is C11H18N2O3. The van der Waals surface area contributed by atoms with Gasteiger partial charge in [-0.3, -0.25) is 4.79 Å². The molecule has 2 aliphatic heterocycles. The lowest BCUT2D eigenvalue weighted by Crippen LogP contribution is -2.41. The molecule has 2 saturated heterocycles. The first-order chi connectivity index (χ1) is 7.35. The molecule has 0 aromatic carbocycles. The summed E-state index contributed by atoms with van der Waals surface area (Å²) in [6.07, 6.45) is 0.942. The maximum absolute atomic E-state index is 11.9. The van der Waals surface area contributed by atoms with Crippen LogP contribution in [-0.2, 0) is 9.53 Å². The molecule has 0 spiro atoms. The number of ether oxygens (including phenoxy) is 1. The fourth-order valence-electron chi connectivity index (χ4n) is 2.26. The molecule has 1 N–H and O–H groups in total. The maximum atomic E-state index is 11.9. The van der Waals surface area contributed by atoms with Crippen molar-refractivity contribution in [3.05, 3.63) is 0 Å². The highest BCUT2D eigenvalue weighted by Crippen LogP contribution is 2.26. The molecule has 5 nitrogen and oxygen atoms in total. The van der Waals surface area contributed by atoms with Crippen molar-refractivity contribution in [2.45, 2.75) is 51.3 Å². The monoisotopic (exact) mass is 226 g/mol. The standard InChI is InChI=1S/C11H18N2O3/c1-11(2,3)16-10(15)13-6-7-4-8(13)5-9(14)12-7/h7-8H,4-6H2,1-3H3,(H,12,14)/t7-,8-/m0/s1. The van der Waals surface area contributed by atoms with Gasteiger partial charge in [-0.15, -0.1) is 0 Å². The Labute approximate surface area is 95.1 Å². The van der Waals surface area contributed by atoms with E-state index in [1.54, 1.807) is 4.90 Å². The van der Waals surface area contributed by atoms with Gasteiger partial charge >= 0.3 is 6.09 Å². The van der Waals surface area contributed by atoms with E-state index in [2.05, 4.69) is 5.32 Å². The minimum Gasteiger partial charge on any atom is -0.444 e. The van der Waals surface area contributed by atoms with Crippen LogP contribution in [0.3, 0.4) is 0 Å². The summed E-state index contributed by atoms with van der Waals surface area (Å²) in [5.41, 5.74) is -0.481. The normalized spacial score (nSPS) is 28.9. The van der Waals surface area contributed by atoms with Crippen LogP contribution in [0.2, 0.25) is 0 Å². The van der Waals surface area contributed by atoms with Gasteiger partial charge in [0.05, 0.1) is 0 Å². The van der Waals surface area contributed by atoms with E-state index in [1.165, 1.54) is 0 Å². The second-order valence-electron chi connectivity index (χ2n) is 5.49. The van der Waals surface area contributed by atoms with Crippen LogP contribution in [0.25, 0.3) is 0 Å². The van der Waals surface area contributed by atoms with E-state index in [0.29, 0.717) is 13.0 Å². The number of rotatable bonds is 0. The van der Waals surface area contributed by atoms with E-state index >= 15 is 0 Å². The van der Waals surface area contributed by atoms with E-state index < -0.39 is 5.60 Å². The lowest BCUT2D eigenvalue weighted by molar-refractivity contribution is -0.123. The molecule has 2 aliphatic rings. The third-order valence-electron chi connectivity index (χ3n) is 2.83. The number of fused-ring (bicyclic) bond motifs is 2. The molecule has 2 amide bonds. The highest BCUT2D eigenvalue weighted by molar-refractivity contribution is 5.80. The first kappa shape index (κ1) is 11.2. The molecule has 0 unspecified atom stereocenters. The molecule has 0 aromatic rings. The molecule has 0 aliphatic carbocycles. The van der Waals surface area contributed by atoms with Crippen molar-refractivity contribution in [3.63, 3.8) is 0 Å². The van der Waals surface area contributed by atoms with Crippen molar-refractivity contribution >= 4 is 12.0 Å². The average molecular weight is 226 g/mol. The van der Waals surface area contributed by atoms with Gasteiger partial charge in [-0.1, -0.05) is 0 Å². The summed E-state index contributed by atoms with van der Waals surface area (Å²) in [7, 11) is 0. The summed E-state index contributed by atoms with van der Waals surface area (Å²) in [5.74, 6) is 0.0345. The van der Waals surface area contributed by atoms with Crippen LogP contribution in [-0.4, -0.2) is 41.1 Å². The van der Waals surface area contributed by atoms with Crippen LogP contribution in [0.15, 0.2) is 0 Å². The summed E-state index contributed by atoms with van der Waals surface area (Å²) in [6.45, 7) is 6.11. The van der Waals surface area contributed by atoms with E-state index in [4.69, 9.17) is 4.74 Å². The van der Waals surface area contributed by atoms with Crippen LogP contribution in [0, 0.1) is 0 Å². The molecule has 90 valence electrons. The number of nitrogens with zero attached hydrogens (tertiary/aromatic N) is 1. The summed E-state index contributed by atoms with van der Waals surface area (Å²) in [5, 5.41) is 2.87. The zero-order chi connectivity index (χ0) is 11.9. The Morgan fingerprint density at radius 1 is 1.50 bits per heavy atom. The van der Waals surface area contributed by atoms with Gasteiger partial charge in [0.25, 0.3) is 0 Å². The molecule has 5 heteroatoms. The number of likely N-dealkylation sites (tertiary alicyclic amines) is 1. The van der Waals surface area contributed by atoms with Gasteiger partial charge in [0.15, 0.2) is 0 Å². The van der Waals surface area contributed by atoms with Gasteiger partial charge in [-0.25, -0.2) is 4.79 Å². The molecule has 2 heterocycles. The quantitative estimate of drug-likeness (QED) is 0.667. The predicted octanol–water partition coefficient (Wildman–Crippen LogP) is 0.884. The van der Waals surface area contributed by atoms with Crippen molar-refractivity contribution < 1.29 is 14.3 Å². The van der Waals surface area contributed by atoms with Crippen LogP contribution in [0.4, 0.5) is 4.79 Å². The predicted molar refractivity (Wildman–Crippen MR) is 57.9 cm³/mol.